The van der Waals surface area contributed by atoms with Gasteiger partial charge >= 0.3 is 0 Å². The Hall–Kier alpha value is -2.58. The molecule has 10 heteroatoms. The lowest BCUT2D eigenvalue weighted by molar-refractivity contribution is -0.144. The van der Waals surface area contributed by atoms with Gasteiger partial charge in [0.15, 0.2) is 0 Å². The van der Waals surface area contributed by atoms with Crippen LogP contribution in [0.2, 0.25) is 10.0 Å². The third kappa shape index (κ3) is 4.55. The van der Waals surface area contributed by atoms with E-state index in [9.17, 15) is 14.4 Å². The van der Waals surface area contributed by atoms with Gasteiger partial charge in [-0.1, -0.05) is 23.2 Å². The highest BCUT2D eigenvalue weighted by Gasteiger charge is 2.47. The first-order valence-electron chi connectivity index (χ1n) is 9.54. The van der Waals surface area contributed by atoms with Gasteiger partial charge in [0.1, 0.15) is 11.2 Å². The number of carbonyl (C=O) groups excluding carboxylic acids is 3. The molecule has 3 amide bonds. The van der Waals surface area contributed by atoms with Crippen molar-refractivity contribution >= 4 is 40.9 Å². The summed E-state index contributed by atoms with van der Waals surface area (Å²) in [5, 5.41) is 4.62. The van der Waals surface area contributed by atoms with Gasteiger partial charge in [-0.3, -0.25) is 19.7 Å². The first-order valence-corrected chi connectivity index (χ1v) is 10.3. The highest BCUT2D eigenvalue weighted by atomic mass is 35.5. The largest absolute Gasteiger partial charge is 0.351 e. The zero-order valence-electron chi connectivity index (χ0n) is 17.2. The van der Waals surface area contributed by atoms with Gasteiger partial charge in [0, 0.05) is 47.4 Å². The molecule has 164 valence electrons. The maximum atomic E-state index is 15.4. The van der Waals surface area contributed by atoms with Gasteiger partial charge in [-0.05, 0) is 44.0 Å². The molecule has 0 unspecified atom stereocenters. The zero-order valence-corrected chi connectivity index (χ0v) is 18.7. The topological polar surface area (TPSA) is 101 Å². The molecule has 1 aliphatic rings. The van der Waals surface area contributed by atoms with Crippen LogP contribution in [0.1, 0.15) is 49.2 Å². The Bertz CT molecular complexity index is 1040. The third-order valence-corrected chi connectivity index (χ3v) is 5.76. The molecule has 1 fully saturated rings. The summed E-state index contributed by atoms with van der Waals surface area (Å²) in [6.07, 6.45) is 2.76. The monoisotopic (exact) mass is 466 g/mol. The molecule has 0 bridgehead atoms. The Morgan fingerprint density at radius 3 is 2.35 bits per heavy atom. The molecule has 1 aromatic heterocycles. The van der Waals surface area contributed by atoms with E-state index in [2.05, 4.69) is 15.3 Å². The molecule has 2 heterocycles. The second kappa shape index (κ2) is 8.51. The van der Waals surface area contributed by atoms with E-state index in [1.807, 2.05) is 12.2 Å². The van der Waals surface area contributed by atoms with Crippen molar-refractivity contribution in [2.75, 3.05) is 0 Å². The fourth-order valence-electron chi connectivity index (χ4n) is 3.25. The second-order valence-corrected chi connectivity index (χ2v) is 8.82. The third-order valence-electron chi connectivity index (χ3n) is 5.17. The Morgan fingerprint density at radius 2 is 1.81 bits per heavy atom. The summed E-state index contributed by atoms with van der Waals surface area (Å²) < 4.78 is 15.4. The zero-order chi connectivity index (χ0) is 23.0. The number of amides is 3. The van der Waals surface area contributed by atoms with Crippen LogP contribution in [0.4, 0.5) is 4.39 Å². The first-order chi connectivity index (χ1) is 14.4. The van der Waals surface area contributed by atoms with Crippen LogP contribution in [0.5, 0.6) is 0 Å². The highest BCUT2D eigenvalue weighted by Crippen LogP contribution is 2.42. The molecule has 0 aliphatic carbocycles. The average Bonchev–Trinajstić information content (AvgIpc) is 2.69. The molecular formula is C21H21Cl2FN4O3. The summed E-state index contributed by atoms with van der Waals surface area (Å²) in [5.41, 5.74) is -2.29. The summed E-state index contributed by atoms with van der Waals surface area (Å²) in [6, 6.07) is 2.87. The molecule has 0 radical (unpaired) electrons. The quantitative estimate of drug-likeness (QED) is 0.658. The fraction of sp³-hybridized carbons (Fsp3) is 0.381. The number of imide groups is 1. The molecule has 3 rings (SSSR count). The average molecular weight is 467 g/mol. The van der Waals surface area contributed by atoms with Crippen molar-refractivity contribution in [1.29, 1.82) is 0 Å². The minimum Gasteiger partial charge on any atom is -0.351 e. The summed E-state index contributed by atoms with van der Waals surface area (Å²) in [7, 11) is 0. The number of rotatable bonds is 5. The standard InChI is InChI=1S/C21H21Cl2FN4O3/c1-11-8-25-17(26-9-11)20(2,3)18(30)27-10-12-6-13(22)16(14(23)7-12)21(24)5-4-15(29)28-19(21)31/h6-9H,4-5,10H2,1-3H3,(H,27,30)(H,28,29,31)/t21-/m1/s1. The van der Waals surface area contributed by atoms with E-state index in [0.29, 0.717) is 11.4 Å². The lowest BCUT2D eigenvalue weighted by atomic mass is 9.86. The minimum atomic E-state index is -2.51. The van der Waals surface area contributed by atoms with Gasteiger partial charge in [-0.15, -0.1) is 0 Å². The number of aryl methyl sites for hydroxylation is 1. The summed E-state index contributed by atoms with van der Waals surface area (Å²) in [5.74, 6) is -1.59. The van der Waals surface area contributed by atoms with E-state index in [1.165, 1.54) is 12.1 Å². The van der Waals surface area contributed by atoms with Crippen LogP contribution in [0, 0.1) is 6.92 Å². The van der Waals surface area contributed by atoms with Crippen molar-refractivity contribution < 1.29 is 18.8 Å². The Labute approximate surface area is 188 Å². The van der Waals surface area contributed by atoms with Crippen LogP contribution >= 0.6 is 23.2 Å². The molecule has 1 saturated heterocycles. The number of hydrogen-bond donors (Lipinski definition) is 2. The number of aromatic nitrogens is 2. The summed E-state index contributed by atoms with van der Waals surface area (Å²) in [6.45, 7) is 5.32. The molecule has 2 N–H and O–H groups in total. The number of alkyl halides is 1. The van der Waals surface area contributed by atoms with E-state index in [-0.39, 0.29) is 40.9 Å². The minimum absolute atomic E-state index is 0.0649. The van der Waals surface area contributed by atoms with Crippen molar-refractivity contribution in [2.24, 2.45) is 0 Å². The molecule has 1 atom stereocenters. The highest BCUT2D eigenvalue weighted by molar-refractivity contribution is 6.36. The van der Waals surface area contributed by atoms with Crippen molar-refractivity contribution in [2.45, 2.75) is 51.2 Å². The van der Waals surface area contributed by atoms with E-state index < -0.39 is 22.9 Å². The number of halogens is 3. The van der Waals surface area contributed by atoms with Gasteiger partial charge in [0.25, 0.3) is 5.91 Å². The van der Waals surface area contributed by atoms with Crippen molar-refractivity contribution in [3.8, 4) is 0 Å². The van der Waals surface area contributed by atoms with Crippen LogP contribution in [0.3, 0.4) is 0 Å². The van der Waals surface area contributed by atoms with Crippen LogP contribution in [-0.4, -0.2) is 27.7 Å². The predicted octanol–water partition coefficient (Wildman–Crippen LogP) is 3.29. The summed E-state index contributed by atoms with van der Waals surface area (Å²) in [4.78, 5) is 44.6. The Kier molecular flexibility index (Phi) is 6.34. The molecule has 1 aliphatic heterocycles. The molecule has 0 spiro atoms. The number of nitrogens with one attached hydrogen (secondary N) is 2. The van der Waals surface area contributed by atoms with Gasteiger partial charge in [-0.2, -0.15) is 0 Å². The first kappa shape index (κ1) is 23.1. The number of carbonyl (C=O) groups is 3. The smallest absolute Gasteiger partial charge is 0.269 e. The van der Waals surface area contributed by atoms with E-state index in [4.69, 9.17) is 23.2 Å². The molecule has 7 nitrogen and oxygen atoms in total. The second-order valence-electron chi connectivity index (χ2n) is 8.00. The van der Waals surface area contributed by atoms with Gasteiger partial charge in [-0.25, -0.2) is 14.4 Å². The maximum absolute atomic E-state index is 15.4. The van der Waals surface area contributed by atoms with E-state index in [1.54, 1.807) is 26.2 Å². The molecule has 1 aromatic carbocycles. The molecular weight excluding hydrogens is 446 g/mol. The Morgan fingerprint density at radius 1 is 1.23 bits per heavy atom. The summed E-state index contributed by atoms with van der Waals surface area (Å²) >= 11 is 12.5. The van der Waals surface area contributed by atoms with Crippen LogP contribution in [-0.2, 0) is 32.0 Å². The van der Waals surface area contributed by atoms with Crippen molar-refractivity contribution in [1.82, 2.24) is 20.6 Å². The number of nitrogens with zero attached hydrogens (tertiary/aromatic N) is 2. The Balaban J connectivity index is 1.78. The molecule has 31 heavy (non-hydrogen) atoms. The molecule has 0 saturated carbocycles. The van der Waals surface area contributed by atoms with Crippen LogP contribution < -0.4 is 10.6 Å². The van der Waals surface area contributed by atoms with E-state index >= 15 is 4.39 Å². The van der Waals surface area contributed by atoms with Gasteiger partial charge < -0.3 is 5.32 Å². The van der Waals surface area contributed by atoms with Crippen LogP contribution in [0.25, 0.3) is 0 Å². The van der Waals surface area contributed by atoms with E-state index in [0.717, 1.165) is 5.56 Å². The fourth-order valence-corrected chi connectivity index (χ4v) is 4.08. The molecule has 2 aromatic rings. The van der Waals surface area contributed by atoms with Gasteiger partial charge in [0.2, 0.25) is 17.5 Å². The van der Waals surface area contributed by atoms with Crippen LogP contribution in [0.15, 0.2) is 24.5 Å². The number of piperidine rings is 1. The van der Waals surface area contributed by atoms with Crippen molar-refractivity contribution in [3.63, 3.8) is 0 Å². The van der Waals surface area contributed by atoms with Gasteiger partial charge in [0.05, 0.1) is 0 Å². The predicted molar refractivity (Wildman–Crippen MR) is 113 cm³/mol. The lowest BCUT2D eigenvalue weighted by Crippen LogP contribution is -2.49. The lowest BCUT2D eigenvalue weighted by Gasteiger charge is -2.30. The number of benzene rings is 1. The van der Waals surface area contributed by atoms with Crippen molar-refractivity contribution in [3.05, 3.63) is 57.1 Å². The maximum Gasteiger partial charge on any atom is 0.269 e. The SMILES string of the molecule is Cc1cnc(C(C)(C)C(=O)NCc2cc(Cl)c([C@]3(F)CCC(=O)NC3=O)c(Cl)c2)nc1. The normalized spacial score (nSPS) is 19.2. The number of hydrogen-bond acceptors (Lipinski definition) is 5.